The number of halogens is 1. The third kappa shape index (κ3) is 2.12. The van der Waals surface area contributed by atoms with Gasteiger partial charge in [0, 0.05) is 19.7 Å². The SMILES string of the molecule is O=C(c1ccc(Cl)s1)N1C[C@@H]2CCOC[C@]2(C(=O)O)C1. The van der Waals surface area contributed by atoms with Gasteiger partial charge in [-0.1, -0.05) is 11.6 Å². The molecule has 0 aliphatic carbocycles. The number of thiophene rings is 1. The van der Waals surface area contributed by atoms with Crippen LogP contribution in [0.25, 0.3) is 0 Å². The molecule has 2 aliphatic rings. The number of amides is 1. The number of carboxylic acids is 1. The number of carboxylic acid groups (broad SMARTS) is 1. The number of nitrogens with zero attached hydrogens (tertiary/aromatic N) is 1. The Kier molecular flexibility index (Phi) is 3.48. The van der Waals surface area contributed by atoms with Crippen molar-refractivity contribution in [1.82, 2.24) is 4.90 Å². The molecule has 0 bridgehead atoms. The summed E-state index contributed by atoms with van der Waals surface area (Å²) < 4.78 is 5.91. The molecule has 0 aromatic carbocycles. The van der Waals surface area contributed by atoms with Crippen molar-refractivity contribution in [2.45, 2.75) is 6.42 Å². The van der Waals surface area contributed by atoms with E-state index in [2.05, 4.69) is 0 Å². The van der Waals surface area contributed by atoms with E-state index in [9.17, 15) is 14.7 Å². The van der Waals surface area contributed by atoms with E-state index in [1.54, 1.807) is 17.0 Å². The van der Waals surface area contributed by atoms with Gasteiger partial charge in [-0.05, 0) is 24.5 Å². The Hall–Kier alpha value is -1.11. The van der Waals surface area contributed by atoms with Gasteiger partial charge in [0.2, 0.25) is 0 Å². The van der Waals surface area contributed by atoms with Gasteiger partial charge in [0.05, 0.1) is 15.8 Å². The number of carbonyl (C=O) groups is 2. The minimum absolute atomic E-state index is 0.0341. The lowest BCUT2D eigenvalue weighted by Crippen LogP contribution is -2.46. The highest BCUT2D eigenvalue weighted by molar-refractivity contribution is 7.17. The number of likely N-dealkylation sites (tertiary alicyclic amines) is 1. The molecule has 2 saturated heterocycles. The maximum atomic E-state index is 12.4. The van der Waals surface area contributed by atoms with E-state index in [1.807, 2.05) is 0 Å². The number of fused-ring (bicyclic) bond motifs is 1. The van der Waals surface area contributed by atoms with E-state index in [1.165, 1.54) is 11.3 Å². The molecule has 2 fully saturated rings. The molecule has 0 spiro atoms. The van der Waals surface area contributed by atoms with E-state index < -0.39 is 11.4 Å². The Morgan fingerprint density at radius 2 is 2.30 bits per heavy atom. The monoisotopic (exact) mass is 315 g/mol. The molecule has 108 valence electrons. The summed E-state index contributed by atoms with van der Waals surface area (Å²) in [6, 6.07) is 3.36. The van der Waals surface area contributed by atoms with Crippen molar-refractivity contribution in [2.24, 2.45) is 11.3 Å². The number of carbonyl (C=O) groups excluding carboxylic acids is 1. The van der Waals surface area contributed by atoms with Gasteiger partial charge in [0.25, 0.3) is 5.91 Å². The Morgan fingerprint density at radius 1 is 1.50 bits per heavy atom. The first-order chi connectivity index (χ1) is 9.53. The highest BCUT2D eigenvalue weighted by Gasteiger charge is 2.55. The quantitative estimate of drug-likeness (QED) is 0.906. The summed E-state index contributed by atoms with van der Waals surface area (Å²) in [4.78, 5) is 26.2. The van der Waals surface area contributed by atoms with Crippen LogP contribution in [0.2, 0.25) is 4.34 Å². The van der Waals surface area contributed by atoms with E-state index in [0.717, 1.165) is 0 Å². The molecule has 1 amide bonds. The Bertz CT molecular complexity index is 560. The maximum Gasteiger partial charge on any atom is 0.314 e. The topological polar surface area (TPSA) is 66.8 Å². The van der Waals surface area contributed by atoms with Gasteiger partial charge in [-0.15, -0.1) is 11.3 Å². The van der Waals surface area contributed by atoms with Crippen LogP contribution in [0, 0.1) is 11.3 Å². The predicted molar refractivity (Wildman–Crippen MR) is 74.2 cm³/mol. The second-order valence-electron chi connectivity index (χ2n) is 5.29. The van der Waals surface area contributed by atoms with Gasteiger partial charge in [-0.25, -0.2) is 0 Å². The van der Waals surface area contributed by atoms with Crippen LogP contribution in [-0.4, -0.2) is 48.2 Å². The molecule has 2 aliphatic heterocycles. The zero-order valence-corrected chi connectivity index (χ0v) is 12.2. The summed E-state index contributed by atoms with van der Waals surface area (Å²) in [5.41, 5.74) is -0.949. The fraction of sp³-hybridized carbons (Fsp3) is 0.538. The standard InChI is InChI=1S/C13H14ClNO4S/c14-10-2-1-9(20-10)11(16)15-5-8-3-4-19-7-13(8,6-15)12(17)18/h1-2,8H,3-7H2,(H,17,18)/t8-,13+/m0/s1. The van der Waals surface area contributed by atoms with Crippen LogP contribution >= 0.6 is 22.9 Å². The first-order valence-corrected chi connectivity index (χ1v) is 7.58. The van der Waals surface area contributed by atoms with Crippen LogP contribution in [0.15, 0.2) is 12.1 Å². The second-order valence-corrected chi connectivity index (χ2v) is 7.00. The van der Waals surface area contributed by atoms with Crippen LogP contribution in [-0.2, 0) is 9.53 Å². The molecule has 3 rings (SSSR count). The van der Waals surface area contributed by atoms with Crippen LogP contribution in [0.1, 0.15) is 16.1 Å². The number of ether oxygens (including phenoxy) is 1. The Morgan fingerprint density at radius 3 is 2.90 bits per heavy atom. The summed E-state index contributed by atoms with van der Waals surface area (Å²) in [7, 11) is 0. The molecule has 1 N–H and O–H groups in total. The summed E-state index contributed by atoms with van der Waals surface area (Å²) in [6.07, 6.45) is 0.682. The summed E-state index contributed by atoms with van der Waals surface area (Å²) in [5.74, 6) is -1.05. The normalized spacial score (nSPS) is 29.2. The molecular formula is C13H14ClNO4S. The molecule has 0 unspecified atom stereocenters. The second kappa shape index (κ2) is 5.02. The van der Waals surface area contributed by atoms with Crippen LogP contribution < -0.4 is 0 Å². The van der Waals surface area contributed by atoms with Gasteiger partial charge < -0.3 is 14.7 Å². The molecule has 0 radical (unpaired) electrons. The van der Waals surface area contributed by atoms with Crippen molar-refractivity contribution in [1.29, 1.82) is 0 Å². The first-order valence-electron chi connectivity index (χ1n) is 6.39. The van der Waals surface area contributed by atoms with E-state index in [4.69, 9.17) is 16.3 Å². The summed E-state index contributed by atoms with van der Waals surface area (Å²) in [5, 5.41) is 9.54. The Labute approximate surface area is 125 Å². The summed E-state index contributed by atoms with van der Waals surface area (Å²) in [6.45, 7) is 1.43. The lowest BCUT2D eigenvalue weighted by molar-refractivity contribution is -0.159. The molecule has 0 saturated carbocycles. The lowest BCUT2D eigenvalue weighted by atomic mass is 9.76. The number of aliphatic carboxylic acids is 1. The molecule has 2 atom stereocenters. The van der Waals surface area contributed by atoms with Gasteiger partial charge in [-0.2, -0.15) is 0 Å². The fourth-order valence-corrected chi connectivity index (χ4v) is 4.04. The van der Waals surface area contributed by atoms with Gasteiger partial charge in [-0.3, -0.25) is 9.59 Å². The van der Waals surface area contributed by atoms with Gasteiger partial charge in [0.15, 0.2) is 0 Å². The zero-order valence-electron chi connectivity index (χ0n) is 10.7. The molecule has 3 heterocycles. The molecule has 1 aromatic heterocycles. The lowest BCUT2D eigenvalue weighted by Gasteiger charge is -2.33. The number of hydrogen-bond donors (Lipinski definition) is 1. The highest BCUT2D eigenvalue weighted by atomic mass is 35.5. The van der Waals surface area contributed by atoms with Crippen molar-refractivity contribution in [3.05, 3.63) is 21.3 Å². The van der Waals surface area contributed by atoms with Crippen LogP contribution in [0.3, 0.4) is 0 Å². The number of rotatable bonds is 2. The van der Waals surface area contributed by atoms with Gasteiger partial charge in [0.1, 0.15) is 5.41 Å². The van der Waals surface area contributed by atoms with Crippen molar-refractivity contribution in [2.75, 3.05) is 26.3 Å². The third-order valence-corrected chi connectivity index (χ3v) is 5.38. The number of hydrogen-bond acceptors (Lipinski definition) is 4. The van der Waals surface area contributed by atoms with E-state index in [-0.39, 0.29) is 25.0 Å². The van der Waals surface area contributed by atoms with Crippen LogP contribution in [0.4, 0.5) is 0 Å². The van der Waals surface area contributed by atoms with Crippen molar-refractivity contribution in [3.8, 4) is 0 Å². The molecule has 7 heteroatoms. The zero-order chi connectivity index (χ0) is 14.3. The van der Waals surface area contributed by atoms with Crippen molar-refractivity contribution >= 4 is 34.8 Å². The maximum absolute atomic E-state index is 12.4. The molecule has 5 nitrogen and oxygen atoms in total. The minimum Gasteiger partial charge on any atom is -0.481 e. The Balaban J connectivity index is 1.84. The van der Waals surface area contributed by atoms with Gasteiger partial charge >= 0.3 is 5.97 Å². The fourth-order valence-electron chi connectivity index (χ4n) is 3.03. The van der Waals surface area contributed by atoms with E-state index >= 15 is 0 Å². The highest BCUT2D eigenvalue weighted by Crippen LogP contribution is 2.42. The molecule has 1 aromatic rings. The summed E-state index contributed by atoms with van der Waals surface area (Å²) >= 11 is 7.06. The molecular weight excluding hydrogens is 302 g/mol. The molecule has 20 heavy (non-hydrogen) atoms. The first kappa shape index (κ1) is 13.9. The average molecular weight is 316 g/mol. The third-order valence-electron chi connectivity index (χ3n) is 4.16. The van der Waals surface area contributed by atoms with E-state index in [0.29, 0.717) is 28.8 Å². The van der Waals surface area contributed by atoms with Crippen molar-refractivity contribution < 1.29 is 19.4 Å². The average Bonchev–Trinajstić information content (AvgIpc) is 3.02. The smallest absolute Gasteiger partial charge is 0.314 e. The largest absolute Gasteiger partial charge is 0.481 e. The van der Waals surface area contributed by atoms with Crippen molar-refractivity contribution in [3.63, 3.8) is 0 Å². The minimum atomic E-state index is -0.949. The van der Waals surface area contributed by atoms with Crippen LogP contribution in [0.5, 0.6) is 0 Å². The predicted octanol–water partition coefficient (Wildman–Crippen LogP) is 1.96.